The maximum absolute atomic E-state index is 11.3. The smallest absolute Gasteiger partial charge is 0.270 e. The number of amides is 1. The average molecular weight is 297 g/mol. The lowest BCUT2D eigenvalue weighted by atomic mass is 10.1. The van der Waals surface area contributed by atoms with E-state index in [4.69, 9.17) is 20.7 Å². The molecule has 1 saturated heterocycles. The molecule has 1 aromatic heterocycles. The molecule has 1 aromatic rings. The molecule has 9 heteroatoms. The highest BCUT2D eigenvalue weighted by Crippen LogP contribution is 2.30. The Morgan fingerprint density at radius 3 is 2.67 bits per heavy atom. The minimum atomic E-state index is -1.34. The van der Waals surface area contributed by atoms with Gasteiger partial charge in [0.05, 0.1) is 12.9 Å². The Morgan fingerprint density at radius 2 is 2.14 bits per heavy atom. The zero-order chi connectivity index (χ0) is 15.6. The van der Waals surface area contributed by atoms with Crippen molar-refractivity contribution in [1.29, 1.82) is 0 Å². The molecule has 4 atom stereocenters. The Bertz CT molecular complexity index is 590. The lowest BCUT2D eigenvalue weighted by Crippen LogP contribution is -2.33. The molecule has 0 aromatic carbocycles. The minimum Gasteiger partial charge on any atom is -0.394 e. The molecule has 2 heterocycles. The van der Waals surface area contributed by atoms with E-state index in [0.29, 0.717) is 0 Å². The number of primary amides is 1. The second kappa shape index (κ2) is 6.21. The van der Waals surface area contributed by atoms with Gasteiger partial charge in [-0.25, -0.2) is 4.98 Å². The molecule has 9 nitrogen and oxygen atoms in total. The van der Waals surface area contributed by atoms with Crippen molar-refractivity contribution in [2.45, 2.75) is 24.5 Å². The van der Waals surface area contributed by atoms with Crippen molar-refractivity contribution in [3.8, 4) is 11.8 Å². The van der Waals surface area contributed by atoms with Crippen molar-refractivity contribution in [2.24, 2.45) is 5.73 Å². The molecule has 21 heavy (non-hydrogen) atoms. The molecule has 0 spiro atoms. The van der Waals surface area contributed by atoms with Crippen LogP contribution in [0.1, 0.15) is 22.4 Å². The number of hydrogen-bond donors (Lipinski definition) is 5. The number of hydrogen-bond acceptors (Lipinski definition) is 7. The Kier molecular flexibility index (Phi) is 4.56. The van der Waals surface area contributed by atoms with Crippen LogP contribution in [0, 0.1) is 11.8 Å². The molecule has 1 aliphatic heterocycles. The topological polar surface area (TPSA) is 151 Å². The summed E-state index contributed by atoms with van der Waals surface area (Å²) in [4.78, 5) is 15.1. The molecule has 6 N–H and O–H groups in total. The monoisotopic (exact) mass is 297 g/mol. The first-order valence-electron chi connectivity index (χ1n) is 6.10. The maximum atomic E-state index is 11.3. The van der Waals surface area contributed by atoms with Gasteiger partial charge in [0.1, 0.15) is 30.6 Å². The number of aromatic nitrogens is 2. The summed E-state index contributed by atoms with van der Waals surface area (Å²) in [6.45, 7) is -0.927. The fourth-order valence-electron chi connectivity index (χ4n) is 2.09. The molecule has 114 valence electrons. The molecular formula is C12H15N3O6. The number of rotatable bonds is 3. The Labute approximate surface area is 119 Å². The van der Waals surface area contributed by atoms with Gasteiger partial charge in [-0.15, -0.1) is 0 Å². The van der Waals surface area contributed by atoms with Crippen molar-refractivity contribution >= 4 is 5.91 Å². The number of carbonyl (C=O) groups is 1. The van der Waals surface area contributed by atoms with E-state index in [-0.39, 0.29) is 11.4 Å². The molecule has 1 unspecified atom stereocenters. The van der Waals surface area contributed by atoms with Gasteiger partial charge in [0.2, 0.25) is 0 Å². The van der Waals surface area contributed by atoms with E-state index in [1.54, 1.807) is 0 Å². The number of aliphatic hydroxyl groups excluding tert-OH is 4. The lowest BCUT2D eigenvalue weighted by Gasteiger charge is -2.17. The highest BCUT2D eigenvalue weighted by Gasteiger charge is 2.44. The highest BCUT2D eigenvalue weighted by atomic mass is 16.6. The fourth-order valence-corrected chi connectivity index (χ4v) is 2.09. The first-order chi connectivity index (χ1) is 10.0. The molecule has 1 aliphatic rings. The van der Waals surface area contributed by atoms with Crippen molar-refractivity contribution in [3.63, 3.8) is 0 Å². The largest absolute Gasteiger partial charge is 0.394 e. The van der Waals surface area contributed by atoms with Crippen molar-refractivity contribution in [2.75, 3.05) is 13.2 Å². The van der Waals surface area contributed by atoms with Crippen LogP contribution in [-0.4, -0.2) is 67.4 Å². The summed E-state index contributed by atoms with van der Waals surface area (Å²) in [5.74, 6) is 4.02. The summed E-state index contributed by atoms with van der Waals surface area (Å²) in [5.41, 5.74) is 5.08. The standard InChI is InChI=1S/C12H15N3O6/c13-11(20)8-6(2-1-3-16)15(5-14-8)12-10(19)9(18)7(4-17)21-12/h5,7,9-10,12,16-19H,3-4H2,(H2,13,20)/t7-,9-,10-,12?/m1/s1. The molecule has 0 aliphatic carbocycles. The van der Waals surface area contributed by atoms with Gasteiger partial charge in [0.15, 0.2) is 11.9 Å². The van der Waals surface area contributed by atoms with Crippen molar-refractivity contribution in [3.05, 3.63) is 17.7 Å². The minimum absolute atomic E-state index is 0.0476. The van der Waals surface area contributed by atoms with Crippen LogP contribution in [0.2, 0.25) is 0 Å². The predicted molar refractivity (Wildman–Crippen MR) is 67.7 cm³/mol. The van der Waals surface area contributed by atoms with Gasteiger partial charge in [-0.1, -0.05) is 5.92 Å². The second-order valence-electron chi connectivity index (χ2n) is 4.40. The van der Waals surface area contributed by atoms with E-state index < -0.39 is 43.7 Å². The van der Waals surface area contributed by atoms with Crippen LogP contribution in [0.25, 0.3) is 0 Å². The first kappa shape index (κ1) is 15.4. The molecule has 0 radical (unpaired) electrons. The summed E-state index contributed by atoms with van der Waals surface area (Å²) in [6, 6.07) is 0. The molecular weight excluding hydrogens is 282 g/mol. The van der Waals surface area contributed by atoms with Gasteiger partial charge in [0, 0.05) is 0 Å². The number of nitrogens with two attached hydrogens (primary N) is 1. The molecule has 2 rings (SSSR count). The summed E-state index contributed by atoms with van der Waals surface area (Å²) < 4.78 is 6.55. The number of carbonyl (C=O) groups excluding carboxylic acids is 1. The second-order valence-corrected chi connectivity index (χ2v) is 4.40. The summed E-state index contributed by atoms with van der Waals surface area (Å²) in [6.07, 6.45) is -3.50. The third-order valence-corrected chi connectivity index (χ3v) is 3.10. The van der Waals surface area contributed by atoms with E-state index in [1.807, 2.05) is 0 Å². The Morgan fingerprint density at radius 1 is 1.43 bits per heavy atom. The quantitative estimate of drug-likeness (QED) is 0.371. The van der Waals surface area contributed by atoms with Gasteiger partial charge in [-0.05, 0) is 5.92 Å². The van der Waals surface area contributed by atoms with Gasteiger partial charge < -0.3 is 30.9 Å². The van der Waals surface area contributed by atoms with Crippen LogP contribution in [0.3, 0.4) is 0 Å². The molecule has 0 bridgehead atoms. The van der Waals surface area contributed by atoms with Crippen LogP contribution in [-0.2, 0) is 4.74 Å². The third-order valence-electron chi connectivity index (χ3n) is 3.10. The molecule has 1 amide bonds. The summed E-state index contributed by atoms with van der Waals surface area (Å²) >= 11 is 0. The van der Waals surface area contributed by atoms with E-state index >= 15 is 0 Å². The number of aliphatic hydroxyl groups is 4. The Balaban J connectivity index is 2.42. The number of imidazole rings is 1. The van der Waals surface area contributed by atoms with Crippen molar-refractivity contribution < 1.29 is 30.0 Å². The zero-order valence-corrected chi connectivity index (χ0v) is 10.9. The zero-order valence-electron chi connectivity index (χ0n) is 10.9. The fraction of sp³-hybridized carbons (Fsp3) is 0.500. The average Bonchev–Trinajstić information content (AvgIpc) is 2.99. The van der Waals surface area contributed by atoms with Gasteiger partial charge in [-0.3, -0.25) is 9.36 Å². The van der Waals surface area contributed by atoms with Crippen LogP contribution < -0.4 is 5.73 Å². The van der Waals surface area contributed by atoms with E-state index in [1.165, 1.54) is 10.9 Å². The molecule has 1 fully saturated rings. The van der Waals surface area contributed by atoms with Crippen LogP contribution >= 0.6 is 0 Å². The van der Waals surface area contributed by atoms with Crippen LogP contribution in [0.5, 0.6) is 0 Å². The first-order valence-corrected chi connectivity index (χ1v) is 6.10. The SMILES string of the molecule is NC(=O)c1ncn(C2O[C@H](CO)[C@@H](O)[C@H]2O)c1C#CCO. The third kappa shape index (κ3) is 2.76. The van der Waals surface area contributed by atoms with Crippen LogP contribution in [0.15, 0.2) is 6.33 Å². The lowest BCUT2D eigenvalue weighted by molar-refractivity contribution is -0.0531. The molecule has 0 saturated carbocycles. The maximum Gasteiger partial charge on any atom is 0.270 e. The Hall–Kier alpha value is -1.96. The normalized spacial score (nSPS) is 28.2. The number of ether oxygens (including phenoxy) is 1. The predicted octanol–water partition coefficient (Wildman–Crippen LogP) is -3.06. The number of nitrogens with zero attached hydrogens (tertiary/aromatic N) is 2. The van der Waals surface area contributed by atoms with Gasteiger partial charge in [0.25, 0.3) is 5.91 Å². The van der Waals surface area contributed by atoms with E-state index in [2.05, 4.69) is 16.8 Å². The van der Waals surface area contributed by atoms with Gasteiger partial charge in [-0.2, -0.15) is 0 Å². The summed E-state index contributed by atoms with van der Waals surface area (Å²) in [5, 5.41) is 37.5. The highest BCUT2D eigenvalue weighted by molar-refractivity contribution is 5.93. The van der Waals surface area contributed by atoms with E-state index in [0.717, 1.165) is 0 Å². The summed E-state index contributed by atoms with van der Waals surface area (Å²) in [7, 11) is 0. The van der Waals surface area contributed by atoms with Crippen molar-refractivity contribution in [1.82, 2.24) is 9.55 Å². The van der Waals surface area contributed by atoms with Crippen LogP contribution in [0.4, 0.5) is 0 Å². The van der Waals surface area contributed by atoms with E-state index in [9.17, 15) is 15.0 Å². The van der Waals surface area contributed by atoms with Gasteiger partial charge >= 0.3 is 0 Å².